The highest BCUT2D eigenvalue weighted by molar-refractivity contribution is 7.89. The number of nitrogens with two attached hydrogens (primary N) is 1. The number of benzene rings is 1. The molecule has 2 rings (SSSR count). The molecule has 1 unspecified atom stereocenters. The molecular weight excluding hydrogens is 272 g/mol. The number of anilines is 1. The maximum absolute atomic E-state index is 12.6. The van der Waals surface area contributed by atoms with Gasteiger partial charge in [-0.1, -0.05) is 24.1 Å². The molecule has 1 aromatic rings. The minimum Gasteiger partial charge on any atom is -0.398 e. The van der Waals surface area contributed by atoms with Crippen molar-refractivity contribution < 1.29 is 8.42 Å². The predicted molar refractivity (Wildman–Crippen MR) is 73.1 cm³/mol. The summed E-state index contributed by atoms with van der Waals surface area (Å²) in [5, 5.41) is 0.188. The molecule has 0 amide bonds. The summed E-state index contributed by atoms with van der Waals surface area (Å²) in [5.41, 5.74) is 5.98. The zero-order chi connectivity index (χ0) is 13.3. The highest BCUT2D eigenvalue weighted by Crippen LogP contribution is 2.32. The summed E-state index contributed by atoms with van der Waals surface area (Å²) in [6, 6.07) is 4.77. The molecule has 1 fully saturated rings. The van der Waals surface area contributed by atoms with E-state index in [9.17, 15) is 8.42 Å². The van der Waals surface area contributed by atoms with Crippen LogP contribution in [-0.4, -0.2) is 25.3 Å². The number of nitrogens with zero attached hydrogens (tertiary/aromatic N) is 1. The topological polar surface area (TPSA) is 63.4 Å². The van der Waals surface area contributed by atoms with Crippen LogP contribution in [0.3, 0.4) is 0 Å². The third-order valence-corrected chi connectivity index (χ3v) is 5.86. The van der Waals surface area contributed by atoms with Crippen molar-refractivity contribution >= 4 is 27.3 Å². The van der Waals surface area contributed by atoms with Gasteiger partial charge in [-0.05, 0) is 31.9 Å². The van der Waals surface area contributed by atoms with Gasteiger partial charge in [0.25, 0.3) is 0 Å². The summed E-state index contributed by atoms with van der Waals surface area (Å²) >= 11 is 6.00. The van der Waals surface area contributed by atoms with E-state index in [0.717, 1.165) is 19.3 Å². The Morgan fingerprint density at radius 2 is 2.11 bits per heavy atom. The van der Waals surface area contributed by atoms with Gasteiger partial charge in [0.2, 0.25) is 10.0 Å². The summed E-state index contributed by atoms with van der Waals surface area (Å²) in [7, 11) is -3.60. The standard InChI is InChI=1S/C12H17ClN2O2S/c1-9-5-2-3-8-15(9)18(16,17)12-10(13)6-4-7-11(12)14/h4,6-7,9H,2-3,5,8,14H2,1H3. The second-order valence-electron chi connectivity index (χ2n) is 4.62. The van der Waals surface area contributed by atoms with Gasteiger partial charge in [-0.25, -0.2) is 8.42 Å². The van der Waals surface area contributed by atoms with Crippen LogP contribution in [0.5, 0.6) is 0 Å². The molecule has 18 heavy (non-hydrogen) atoms. The molecule has 6 heteroatoms. The molecule has 0 bridgehead atoms. The van der Waals surface area contributed by atoms with E-state index in [2.05, 4.69) is 0 Å². The first-order chi connectivity index (χ1) is 8.44. The smallest absolute Gasteiger partial charge is 0.246 e. The van der Waals surface area contributed by atoms with Crippen molar-refractivity contribution in [3.63, 3.8) is 0 Å². The van der Waals surface area contributed by atoms with E-state index in [1.54, 1.807) is 18.2 Å². The number of sulfonamides is 1. The summed E-state index contributed by atoms with van der Waals surface area (Å²) in [6.07, 6.45) is 2.82. The lowest BCUT2D eigenvalue weighted by molar-refractivity contribution is 0.269. The monoisotopic (exact) mass is 288 g/mol. The molecule has 1 heterocycles. The molecule has 2 N–H and O–H groups in total. The Bertz CT molecular complexity index is 525. The van der Waals surface area contributed by atoms with E-state index >= 15 is 0 Å². The Kier molecular flexibility index (Phi) is 3.84. The van der Waals surface area contributed by atoms with Gasteiger partial charge >= 0.3 is 0 Å². The average molecular weight is 289 g/mol. The maximum atomic E-state index is 12.6. The highest BCUT2D eigenvalue weighted by Gasteiger charge is 2.33. The molecule has 100 valence electrons. The van der Waals surface area contributed by atoms with Gasteiger partial charge in [0.1, 0.15) is 4.90 Å². The van der Waals surface area contributed by atoms with Crippen LogP contribution in [0, 0.1) is 0 Å². The van der Waals surface area contributed by atoms with Crippen molar-refractivity contribution in [2.75, 3.05) is 12.3 Å². The zero-order valence-corrected chi connectivity index (χ0v) is 11.8. The third kappa shape index (κ3) is 2.35. The Morgan fingerprint density at radius 1 is 1.39 bits per heavy atom. The third-order valence-electron chi connectivity index (χ3n) is 3.31. The number of rotatable bonds is 2. The highest BCUT2D eigenvalue weighted by atomic mass is 35.5. The van der Waals surface area contributed by atoms with Crippen LogP contribution in [0.15, 0.2) is 23.1 Å². The van der Waals surface area contributed by atoms with Crippen LogP contribution in [0.25, 0.3) is 0 Å². The molecular formula is C12H17ClN2O2S. The molecule has 0 aromatic heterocycles. The Hall–Kier alpha value is -0.780. The molecule has 4 nitrogen and oxygen atoms in total. The van der Waals surface area contributed by atoms with E-state index < -0.39 is 10.0 Å². The molecule has 0 radical (unpaired) electrons. The van der Waals surface area contributed by atoms with Gasteiger partial charge in [0.05, 0.1) is 10.7 Å². The summed E-state index contributed by atoms with van der Waals surface area (Å²) in [6.45, 7) is 2.46. The van der Waals surface area contributed by atoms with Crippen LogP contribution >= 0.6 is 11.6 Å². The van der Waals surface area contributed by atoms with Crippen LogP contribution in [0.2, 0.25) is 5.02 Å². The van der Waals surface area contributed by atoms with Crippen molar-refractivity contribution in [3.05, 3.63) is 23.2 Å². The number of halogens is 1. The van der Waals surface area contributed by atoms with E-state index in [0.29, 0.717) is 6.54 Å². The van der Waals surface area contributed by atoms with Gasteiger partial charge in [-0.15, -0.1) is 0 Å². The van der Waals surface area contributed by atoms with E-state index in [1.807, 2.05) is 6.92 Å². The fourth-order valence-electron chi connectivity index (χ4n) is 2.34. The van der Waals surface area contributed by atoms with E-state index in [1.165, 1.54) is 4.31 Å². The van der Waals surface area contributed by atoms with Gasteiger partial charge in [-0.3, -0.25) is 0 Å². The lowest BCUT2D eigenvalue weighted by Gasteiger charge is -2.32. The molecule has 1 atom stereocenters. The van der Waals surface area contributed by atoms with Crippen molar-refractivity contribution in [2.45, 2.75) is 37.1 Å². The normalized spacial score (nSPS) is 22.0. The number of hydrogen-bond donors (Lipinski definition) is 1. The minimum absolute atomic E-state index is 0.000534. The summed E-state index contributed by atoms with van der Waals surface area (Å²) < 4.78 is 26.7. The van der Waals surface area contributed by atoms with Gasteiger partial charge in [0.15, 0.2) is 0 Å². The minimum atomic E-state index is -3.60. The van der Waals surface area contributed by atoms with Gasteiger partial charge < -0.3 is 5.73 Å². The molecule has 0 saturated carbocycles. The first kappa shape index (κ1) is 13.6. The lowest BCUT2D eigenvalue weighted by atomic mass is 10.1. The molecule has 0 spiro atoms. The first-order valence-corrected chi connectivity index (χ1v) is 7.82. The van der Waals surface area contributed by atoms with Crippen LogP contribution in [0.1, 0.15) is 26.2 Å². The Morgan fingerprint density at radius 3 is 2.72 bits per heavy atom. The van der Waals surface area contributed by atoms with E-state index in [-0.39, 0.29) is 21.6 Å². The molecule has 1 aliphatic heterocycles. The van der Waals surface area contributed by atoms with Crippen LogP contribution in [-0.2, 0) is 10.0 Å². The van der Waals surface area contributed by atoms with E-state index in [4.69, 9.17) is 17.3 Å². The van der Waals surface area contributed by atoms with Crippen LogP contribution < -0.4 is 5.73 Å². The van der Waals surface area contributed by atoms with Crippen molar-refractivity contribution in [1.29, 1.82) is 0 Å². The molecule has 1 saturated heterocycles. The van der Waals surface area contributed by atoms with Crippen LogP contribution in [0.4, 0.5) is 5.69 Å². The number of piperidine rings is 1. The zero-order valence-electron chi connectivity index (χ0n) is 10.3. The Balaban J connectivity index is 2.48. The second-order valence-corrected chi connectivity index (χ2v) is 6.85. The molecule has 1 aromatic carbocycles. The van der Waals surface area contributed by atoms with Crippen molar-refractivity contribution in [2.24, 2.45) is 0 Å². The number of hydrogen-bond acceptors (Lipinski definition) is 3. The number of nitrogen functional groups attached to an aromatic ring is 1. The maximum Gasteiger partial charge on any atom is 0.246 e. The SMILES string of the molecule is CC1CCCCN1S(=O)(=O)c1c(N)cccc1Cl. The fraction of sp³-hybridized carbons (Fsp3) is 0.500. The summed E-state index contributed by atoms with van der Waals surface area (Å²) in [5.74, 6) is 0. The lowest BCUT2D eigenvalue weighted by Crippen LogP contribution is -2.42. The fourth-order valence-corrected chi connectivity index (χ4v) is 4.68. The quantitative estimate of drug-likeness (QED) is 0.851. The van der Waals surface area contributed by atoms with Gasteiger partial charge in [-0.2, -0.15) is 4.31 Å². The van der Waals surface area contributed by atoms with Crippen molar-refractivity contribution in [3.8, 4) is 0 Å². The average Bonchev–Trinajstić information content (AvgIpc) is 2.28. The predicted octanol–water partition coefficient (Wildman–Crippen LogP) is 2.49. The molecule has 1 aliphatic rings. The van der Waals surface area contributed by atoms with Crippen molar-refractivity contribution in [1.82, 2.24) is 4.31 Å². The Labute approximate surface area is 113 Å². The largest absolute Gasteiger partial charge is 0.398 e. The first-order valence-electron chi connectivity index (χ1n) is 6.00. The summed E-state index contributed by atoms with van der Waals surface area (Å²) in [4.78, 5) is 0.0421. The second kappa shape index (κ2) is 5.07. The van der Waals surface area contributed by atoms with Gasteiger partial charge in [0, 0.05) is 12.6 Å². The molecule has 0 aliphatic carbocycles.